The first kappa shape index (κ1) is 66.2. The molecule has 0 fully saturated rings. The second kappa shape index (κ2) is 30.9. The van der Waals surface area contributed by atoms with Crippen LogP contribution in [0, 0.1) is 0 Å². The summed E-state index contributed by atoms with van der Waals surface area (Å²) in [4.78, 5) is 66.8. The fourth-order valence-electron chi connectivity index (χ4n) is 12.8. The quantitative estimate of drug-likeness (QED) is 0.0891. The molecule has 18 aromatic rings. The third-order valence-corrected chi connectivity index (χ3v) is 18.2. The average molecular weight is 1390 g/mol. The lowest BCUT2D eigenvalue weighted by Crippen LogP contribution is -2.00. The van der Waals surface area contributed by atoms with E-state index < -0.39 is 0 Å². The monoisotopic (exact) mass is 1390 g/mol. The highest BCUT2D eigenvalue weighted by Crippen LogP contribution is 2.37. The molecule has 508 valence electrons. The normalized spacial score (nSPS) is 11.0. The first-order valence-corrected chi connectivity index (χ1v) is 35.2. The van der Waals surface area contributed by atoms with Gasteiger partial charge in [0.05, 0.1) is 85.4 Å². The van der Waals surface area contributed by atoms with Crippen LogP contribution < -0.4 is 0 Å². The highest BCUT2D eigenvalue weighted by Gasteiger charge is 2.18. The van der Waals surface area contributed by atoms with Gasteiger partial charge in [0.2, 0.25) is 0 Å². The van der Waals surface area contributed by atoms with Crippen LogP contribution in [0.2, 0.25) is 0 Å². The molecule has 0 radical (unpaired) electrons. The number of nitrogens with zero attached hydrogens (tertiary/aromatic N) is 14. The first-order chi connectivity index (χ1) is 53.5. The van der Waals surface area contributed by atoms with Crippen molar-refractivity contribution in [3.8, 4) is 181 Å². The van der Waals surface area contributed by atoms with Gasteiger partial charge < -0.3 is 0 Å². The Bertz CT molecular complexity index is 5850. The second-order valence-corrected chi connectivity index (χ2v) is 25.4. The molecule has 0 atom stereocenters. The summed E-state index contributed by atoms with van der Waals surface area (Å²) in [5, 5.41) is 0. The Morgan fingerprint density at radius 1 is 0.130 bits per heavy atom. The molecule has 0 N–H and O–H groups in total. The number of hydrogen-bond donors (Lipinski definition) is 0. The van der Waals surface area contributed by atoms with Crippen LogP contribution in [0.3, 0.4) is 0 Å². The zero-order chi connectivity index (χ0) is 72.2. The molecule has 14 nitrogen and oxygen atoms in total. The third kappa shape index (κ3) is 15.1. The van der Waals surface area contributed by atoms with Gasteiger partial charge in [-0.15, -0.1) is 0 Å². The van der Waals surface area contributed by atoms with E-state index in [4.69, 9.17) is 39.9 Å². The molecule has 0 aliphatic rings. The fourth-order valence-corrected chi connectivity index (χ4v) is 12.8. The zero-order valence-corrected chi connectivity index (χ0v) is 58.1. The van der Waals surface area contributed by atoms with E-state index in [0.29, 0.717) is 17.5 Å². The first-order valence-electron chi connectivity index (χ1n) is 35.2. The molecule has 12 heterocycles. The molecule has 0 aliphatic heterocycles. The maximum absolute atomic E-state index is 5.31. The van der Waals surface area contributed by atoms with Gasteiger partial charge in [0, 0.05) is 105 Å². The standard InChI is InChI=1S/C48H32N6.C46H30N8/c1-3-25-50-43(18-1)45-22-8-20-41(52-45)35-13-6-15-37(28-35)47-30-40(34-12-5-11-33(27-34)39-17-10-24-49-32-39)31-48(54-47)38-16-7-14-36(29-38)42-21-9-23-46(53-42)44-19-2-4-26-51-44;1-4-28-47-37(9-1)31-16-22-34(23-17-31)44-52-45(35-24-18-32(19-25-35)38-12-7-14-42(50-38)40-10-2-5-29-48-40)54-46(53-44)36-26-20-33(21-27-36)39-13-8-15-43(51-39)41-11-3-6-30-49-41/h1-32H;1-30H. The van der Waals surface area contributed by atoms with Crippen molar-refractivity contribution in [2.45, 2.75) is 0 Å². The summed E-state index contributed by atoms with van der Waals surface area (Å²) in [6, 6.07) is 112. The van der Waals surface area contributed by atoms with Crippen molar-refractivity contribution in [2.75, 3.05) is 0 Å². The summed E-state index contributed by atoms with van der Waals surface area (Å²) >= 11 is 0. The van der Waals surface area contributed by atoms with Gasteiger partial charge >= 0.3 is 0 Å². The molecule has 0 aliphatic carbocycles. The minimum Gasteiger partial charge on any atom is -0.264 e. The van der Waals surface area contributed by atoms with Crippen molar-refractivity contribution in [1.29, 1.82) is 0 Å². The van der Waals surface area contributed by atoms with Crippen LogP contribution in [0.4, 0.5) is 0 Å². The summed E-state index contributed by atoms with van der Waals surface area (Å²) in [5.41, 5.74) is 26.6. The molecular formula is C94H62N14. The number of rotatable bonds is 16. The predicted octanol–water partition coefficient (Wildman–Crippen LogP) is 21.6. The number of hydrogen-bond acceptors (Lipinski definition) is 14. The van der Waals surface area contributed by atoms with Crippen LogP contribution in [0.5, 0.6) is 0 Å². The van der Waals surface area contributed by atoms with Crippen LogP contribution >= 0.6 is 0 Å². The summed E-state index contributed by atoms with van der Waals surface area (Å²) < 4.78 is 0. The molecule has 18 rings (SSSR count). The Morgan fingerprint density at radius 3 is 0.731 bits per heavy atom. The van der Waals surface area contributed by atoms with E-state index in [-0.39, 0.29) is 0 Å². The molecule has 0 amide bonds. The molecule has 12 aromatic heterocycles. The molecule has 0 saturated heterocycles. The van der Waals surface area contributed by atoms with Gasteiger partial charge in [-0.25, -0.2) is 39.9 Å². The Hall–Kier alpha value is -15.0. The molecule has 6 aromatic carbocycles. The lowest BCUT2D eigenvalue weighted by atomic mass is 9.96. The van der Waals surface area contributed by atoms with Gasteiger partial charge in [-0.2, -0.15) is 0 Å². The van der Waals surface area contributed by atoms with E-state index in [1.807, 2.05) is 249 Å². The van der Waals surface area contributed by atoms with Crippen molar-refractivity contribution in [3.63, 3.8) is 0 Å². The highest BCUT2D eigenvalue weighted by molar-refractivity contribution is 5.83. The number of pyridine rings is 11. The van der Waals surface area contributed by atoms with Crippen LogP contribution in [-0.2, 0) is 0 Å². The third-order valence-electron chi connectivity index (χ3n) is 18.2. The Kier molecular flexibility index (Phi) is 18.9. The van der Waals surface area contributed by atoms with Crippen LogP contribution in [0.1, 0.15) is 0 Å². The summed E-state index contributed by atoms with van der Waals surface area (Å²) in [5.74, 6) is 1.71. The molecule has 14 heteroatoms. The molecule has 0 spiro atoms. The van der Waals surface area contributed by atoms with Crippen molar-refractivity contribution in [2.24, 2.45) is 0 Å². The summed E-state index contributed by atoms with van der Waals surface area (Å²) in [6.45, 7) is 0. The van der Waals surface area contributed by atoms with E-state index in [1.165, 1.54) is 0 Å². The Labute approximate surface area is 623 Å². The van der Waals surface area contributed by atoms with Crippen molar-refractivity contribution >= 4 is 0 Å². The fraction of sp³-hybridized carbons (Fsp3) is 0. The SMILES string of the molecule is c1ccc(-c2ccc(-c3nc(-c4ccc(-c5cccc(-c6ccccn6)n5)cc4)nc(-c4ccc(-c5cccc(-c6ccccn6)n5)cc4)n3)cc2)nc1.c1ccc(-c2cccc(-c3cccc(-c4cc(-c5cccc(-c6cccnc6)c5)cc(-c5cccc(-c6cccc(-c7ccccn7)n6)c5)n4)c3)n2)nc1. The largest absolute Gasteiger partial charge is 0.264 e. The van der Waals surface area contributed by atoms with Crippen molar-refractivity contribution in [1.82, 2.24) is 69.8 Å². The second-order valence-electron chi connectivity index (χ2n) is 25.4. The Balaban J connectivity index is 0.000000158. The minimum absolute atomic E-state index is 0.569. The molecular weight excluding hydrogens is 1330 g/mol. The lowest BCUT2D eigenvalue weighted by molar-refractivity contribution is 1.07. The van der Waals surface area contributed by atoms with Gasteiger partial charge in [0.25, 0.3) is 0 Å². The van der Waals surface area contributed by atoms with Crippen molar-refractivity contribution in [3.05, 3.63) is 377 Å². The van der Waals surface area contributed by atoms with Gasteiger partial charge in [-0.3, -0.25) is 29.9 Å². The molecule has 0 bridgehead atoms. The minimum atomic E-state index is 0.569. The summed E-state index contributed by atoms with van der Waals surface area (Å²) in [7, 11) is 0. The number of benzene rings is 6. The van der Waals surface area contributed by atoms with Crippen LogP contribution in [0.15, 0.2) is 377 Å². The highest BCUT2D eigenvalue weighted by atomic mass is 15.0. The van der Waals surface area contributed by atoms with E-state index >= 15 is 0 Å². The molecule has 108 heavy (non-hydrogen) atoms. The topological polar surface area (TPSA) is 180 Å². The van der Waals surface area contributed by atoms with E-state index in [9.17, 15) is 0 Å². The van der Waals surface area contributed by atoms with Crippen LogP contribution in [-0.4, -0.2) is 69.8 Å². The molecule has 0 saturated carbocycles. The van der Waals surface area contributed by atoms with Gasteiger partial charge in [0.15, 0.2) is 17.5 Å². The van der Waals surface area contributed by atoms with E-state index in [0.717, 1.165) is 163 Å². The maximum Gasteiger partial charge on any atom is 0.164 e. The van der Waals surface area contributed by atoms with Crippen LogP contribution in [0.25, 0.3) is 181 Å². The van der Waals surface area contributed by atoms with E-state index in [1.54, 1.807) is 37.2 Å². The summed E-state index contributed by atoms with van der Waals surface area (Å²) in [6.07, 6.45) is 12.6. The maximum atomic E-state index is 5.31. The number of aromatic nitrogens is 14. The Morgan fingerprint density at radius 2 is 0.389 bits per heavy atom. The smallest absolute Gasteiger partial charge is 0.164 e. The average Bonchev–Trinajstić information content (AvgIpc) is 0.757. The van der Waals surface area contributed by atoms with Gasteiger partial charge in [-0.1, -0.05) is 188 Å². The molecule has 0 unspecified atom stereocenters. The van der Waals surface area contributed by atoms with E-state index in [2.05, 4.69) is 121 Å². The lowest BCUT2D eigenvalue weighted by Gasteiger charge is -2.13. The van der Waals surface area contributed by atoms with Crippen molar-refractivity contribution < 1.29 is 0 Å². The van der Waals surface area contributed by atoms with Gasteiger partial charge in [-0.05, 0) is 162 Å². The predicted molar refractivity (Wildman–Crippen MR) is 429 cm³/mol. The van der Waals surface area contributed by atoms with Gasteiger partial charge in [0.1, 0.15) is 0 Å². The zero-order valence-electron chi connectivity index (χ0n) is 58.1.